The quantitative estimate of drug-likeness (QED) is 0.829. The molecule has 0 radical (unpaired) electrons. The van der Waals surface area contributed by atoms with Gasteiger partial charge in [-0.2, -0.15) is 0 Å². The zero-order valence-electron chi connectivity index (χ0n) is 10.5. The van der Waals surface area contributed by atoms with E-state index >= 15 is 0 Å². The number of hydrogen-bond acceptors (Lipinski definition) is 5. The molecule has 18 heavy (non-hydrogen) atoms. The first kappa shape index (κ1) is 12.6. The van der Waals surface area contributed by atoms with Gasteiger partial charge in [-0.15, -0.1) is 0 Å². The molecule has 2 rings (SSSR count). The Kier molecular flexibility index (Phi) is 3.13. The highest BCUT2D eigenvalue weighted by atomic mass is 32.1. The fraction of sp³-hybridized carbons (Fsp3) is 0.333. The lowest BCUT2D eigenvalue weighted by Gasteiger charge is -2.19. The number of nitrogens with one attached hydrogen (secondary N) is 1. The molecule has 0 aliphatic heterocycles. The maximum Gasteiger partial charge on any atom is 0.412 e. The van der Waals surface area contributed by atoms with Gasteiger partial charge in [0, 0.05) is 5.69 Å². The van der Waals surface area contributed by atoms with Crippen molar-refractivity contribution in [2.45, 2.75) is 26.4 Å². The summed E-state index contributed by atoms with van der Waals surface area (Å²) in [5, 5.41) is 3.19. The highest BCUT2D eigenvalue weighted by Crippen LogP contribution is 2.26. The first-order valence-electron chi connectivity index (χ1n) is 5.49. The number of amides is 1. The number of fused-ring (bicyclic) bond motifs is 1. The molecule has 1 heterocycles. The Bertz CT molecular complexity index is 587. The number of ether oxygens (including phenoxy) is 1. The first-order valence-corrected chi connectivity index (χ1v) is 6.31. The molecule has 1 aromatic heterocycles. The van der Waals surface area contributed by atoms with Crippen LogP contribution in [0.5, 0.6) is 0 Å². The van der Waals surface area contributed by atoms with Crippen LogP contribution in [-0.4, -0.2) is 16.7 Å². The summed E-state index contributed by atoms with van der Waals surface area (Å²) in [5.74, 6) is 0. The third-order valence-corrected chi connectivity index (χ3v) is 2.90. The maximum absolute atomic E-state index is 11.6. The number of nitrogen functional groups attached to an aromatic ring is 1. The molecule has 0 fully saturated rings. The summed E-state index contributed by atoms with van der Waals surface area (Å²) in [5.41, 5.74) is 6.60. The lowest BCUT2D eigenvalue weighted by Crippen LogP contribution is -2.27. The number of anilines is 2. The number of aromatic nitrogens is 1. The Morgan fingerprint density at radius 2 is 2.17 bits per heavy atom. The van der Waals surface area contributed by atoms with Crippen molar-refractivity contribution in [1.29, 1.82) is 0 Å². The van der Waals surface area contributed by atoms with Crippen LogP contribution in [0.25, 0.3) is 10.2 Å². The Labute approximate surface area is 109 Å². The van der Waals surface area contributed by atoms with E-state index in [1.165, 1.54) is 11.3 Å². The average Bonchev–Trinajstić information content (AvgIpc) is 2.53. The third-order valence-electron chi connectivity index (χ3n) is 2.05. The van der Waals surface area contributed by atoms with E-state index in [9.17, 15) is 4.79 Å². The highest BCUT2D eigenvalue weighted by molar-refractivity contribution is 7.22. The number of rotatable bonds is 1. The van der Waals surface area contributed by atoms with Crippen LogP contribution >= 0.6 is 11.3 Å². The van der Waals surface area contributed by atoms with Gasteiger partial charge in [-0.3, -0.25) is 5.32 Å². The van der Waals surface area contributed by atoms with E-state index in [1.807, 2.05) is 32.9 Å². The standard InChI is InChI=1S/C12H15N3O2S/c1-12(2,3)17-11(16)14-7-4-5-8-9(6-7)18-10(13)15-8/h4-6H,1-3H3,(H2,13,15)(H,14,16). The van der Waals surface area contributed by atoms with Gasteiger partial charge in [-0.05, 0) is 39.0 Å². The number of benzene rings is 1. The van der Waals surface area contributed by atoms with Crippen molar-refractivity contribution >= 4 is 38.5 Å². The molecule has 0 bridgehead atoms. The van der Waals surface area contributed by atoms with Crippen LogP contribution in [0.4, 0.5) is 15.6 Å². The van der Waals surface area contributed by atoms with Gasteiger partial charge in [0.2, 0.25) is 0 Å². The highest BCUT2D eigenvalue weighted by Gasteiger charge is 2.16. The van der Waals surface area contributed by atoms with E-state index in [0.717, 1.165) is 10.2 Å². The van der Waals surface area contributed by atoms with Gasteiger partial charge in [0.1, 0.15) is 5.60 Å². The Morgan fingerprint density at radius 1 is 1.44 bits per heavy atom. The molecule has 0 atom stereocenters. The number of thiazole rings is 1. The van der Waals surface area contributed by atoms with Gasteiger partial charge >= 0.3 is 6.09 Å². The normalized spacial score (nSPS) is 11.5. The van der Waals surface area contributed by atoms with E-state index in [-0.39, 0.29) is 0 Å². The third kappa shape index (κ3) is 3.10. The molecule has 2 aromatic rings. The van der Waals surface area contributed by atoms with Gasteiger partial charge in [0.15, 0.2) is 5.13 Å². The van der Waals surface area contributed by atoms with Gasteiger partial charge in [0.25, 0.3) is 0 Å². The van der Waals surface area contributed by atoms with E-state index in [1.54, 1.807) is 6.07 Å². The second kappa shape index (κ2) is 4.45. The molecular formula is C12H15N3O2S. The molecule has 6 heteroatoms. The topological polar surface area (TPSA) is 77.2 Å². The molecule has 0 saturated heterocycles. The number of hydrogen-bond donors (Lipinski definition) is 2. The lowest BCUT2D eigenvalue weighted by molar-refractivity contribution is 0.0636. The summed E-state index contributed by atoms with van der Waals surface area (Å²) in [4.78, 5) is 15.7. The van der Waals surface area contributed by atoms with Gasteiger partial charge < -0.3 is 10.5 Å². The molecule has 0 spiro atoms. The molecule has 1 amide bonds. The lowest BCUT2D eigenvalue weighted by atomic mass is 10.2. The van der Waals surface area contributed by atoms with Crippen LogP contribution in [0, 0.1) is 0 Å². The fourth-order valence-electron chi connectivity index (χ4n) is 1.44. The summed E-state index contributed by atoms with van der Waals surface area (Å²) < 4.78 is 6.10. The Morgan fingerprint density at radius 3 is 2.83 bits per heavy atom. The molecule has 1 aromatic carbocycles. The second-order valence-corrected chi connectivity index (χ2v) is 5.92. The minimum absolute atomic E-state index is 0.473. The Hall–Kier alpha value is -1.82. The van der Waals surface area contributed by atoms with E-state index in [2.05, 4.69) is 10.3 Å². The summed E-state index contributed by atoms with van der Waals surface area (Å²) in [7, 11) is 0. The van der Waals surface area contributed by atoms with Crippen LogP contribution in [0.2, 0.25) is 0 Å². The first-order chi connectivity index (χ1) is 8.33. The zero-order valence-corrected chi connectivity index (χ0v) is 11.3. The van der Waals surface area contributed by atoms with Crippen molar-refractivity contribution in [2.75, 3.05) is 11.1 Å². The van der Waals surface area contributed by atoms with E-state index < -0.39 is 11.7 Å². The maximum atomic E-state index is 11.6. The summed E-state index contributed by atoms with van der Waals surface area (Å²) in [6.45, 7) is 5.46. The predicted molar refractivity (Wildman–Crippen MR) is 73.9 cm³/mol. The van der Waals surface area contributed by atoms with Gasteiger partial charge in [-0.25, -0.2) is 9.78 Å². The van der Waals surface area contributed by atoms with Crippen molar-refractivity contribution in [3.63, 3.8) is 0 Å². The fourth-order valence-corrected chi connectivity index (χ4v) is 2.22. The molecular weight excluding hydrogens is 250 g/mol. The number of carbonyl (C=O) groups excluding carboxylic acids is 1. The van der Waals surface area contributed by atoms with Gasteiger partial charge in [0.05, 0.1) is 10.2 Å². The minimum Gasteiger partial charge on any atom is -0.444 e. The van der Waals surface area contributed by atoms with Crippen LogP contribution in [-0.2, 0) is 4.74 Å². The van der Waals surface area contributed by atoms with Crippen LogP contribution in [0.1, 0.15) is 20.8 Å². The second-order valence-electron chi connectivity index (χ2n) is 4.86. The monoisotopic (exact) mass is 265 g/mol. The zero-order chi connectivity index (χ0) is 13.3. The van der Waals surface area contributed by atoms with Crippen molar-refractivity contribution in [1.82, 2.24) is 4.98 Å². The van der Waals surface area contributed by atoms with E-state index in [4.69, 9.17) is 10.5 Å². The van der Waals surface area contributed by atoms with Crippen molar-refractivity contribution in [3.8, 4) is 0 Å². The predicted octanol–water partition coefficient (Wildman–Crippen LogP) is 3.23. The average molecular weight is 265 g/mol. The molecule has 0 aliphatic rings. The minimum atomic E-state index is -0.511. The summed E-state index contributed by atoms with van der Waals surface area (Å²) in [6, 6.07) is 5.41. The van der Waals surface area contributed by atoms with Crippen molar-refractivity contribution < 1.29 is 9.53 Å². The van der Waals surface area contributed by atoms with Crippen molar-refractivity contribution in [3.05, 3.63) is 18.2 Å². The number of nitrogens with zero attached hydrogens (tertiary/aromatic N) is 1. The molecule has 0 saturated carbocycles. The number of carbonyl (C=O) groups is 1. The number of nitrogens with two attached hydrogens (primary N) is 1. The molecule has 3 N–H and O–H groups in total. The van der Waals surface area contributed by atoms with Crippen molar-refractivity contribution in [2.24, 2.45) is 0 Å². The van der Waals surface area contributed by atoms with Crippen LogP contribution in [0.15, 0.2) is 18.2 Å². The van der Waals surface area contributed by atoms with Gasteiger partial charge in [-0.1, -0.05) is 11.3 Å². The van der Waals surface area contributed by atoms with Crippen LogP contribution in [0.3, 0.4) is 0 Å². The molecule has 96 valence electrons. The SMILES string of the molecule is CC(C)(C)OC(=O)Nc1ccc2nc(N)sc2c1. The largest absolute Gasteiger partial charge is 0.444 e. The Balaban J connectivity index is 2.14. The van der Waals surface area contributed by atoms with Crippen LogP contribution < -0.4 is 11.1 Å². The van der Waals surface area contributed by atoms with E-state index in [0.29, 0.717) is 10.8 Å². The molecule has 0 unspecified atom stereocenters. The summed E-state index contributed by atoms with van der Waals surface area (Å²) in [6.07, 6.45) is -0.473. The smallest absolute Gasteiger partial charge is 0.412 e. The molecule has 5 nitrogen and oxygen atoms in total. The summed E-state index contributed by atoms with van der Waals surface area (Å²) >= 11 is 1.38. The molecule has 0 aliphatic carbocycles.